The number of nitrogens with two attached hydrogens (primary N) is 1. The first-order valence-corrected chi connectivity index (χ1v) is 10.2. The number of hydrogen-bond acceptors (Lipinski definition) is 5. The molecule has 2 aromatic rings. The molecule has 1 unspecified atom stereocenters. The zero-order chi connectivity index (χ0) is 21.7. The van der Waals surface area contributed by atoms with E-state index in [-0.39, 0.29) is 5.56 Å². The van der Waals surface area contributed by atoms with Crippen LogP contribution >= 0.6 is 0 Å². The van der Waals surface area contributed by atoms with Crippen LogP contribution in [0, 0.1) is 0 Å². The standard InChI is InChI=1S/C23H28N4O3/c1-4-15(3)21(16-9-7-6-8-10-16)30-17(5-2)13-25-18-14-26-20-12-11-19(22(24)28)27(20)23(18)29/h5-10,14,19,25H,4,11-13H2,1-3H3,(H2,24,28)/b17-5-,21-15?. The summed E-state index contributed by atoms with van der Waals surface area (Å²) in [5.41, 5.74) is 7.60. The molecule has 7 nitrogen and oxygen atoms in total. The van der Waals surface area contributed by atoms with E-state index in [0.29, 0.717) is 36.7 Å². The minimum absolute atomic E-state index is 0.291. The second kappa shape index (κ2) is 9.43. The molecule has 1 aliphatic rings. The van der Waals surface area contributed by atoms with Gasteiger partial charge in [-0.1, -0.05) is 37.3 Å². The first-order valence-electron chi connectivity index (χ1n) is 10.2. The van der Waals surface area contributed by atoms with Crippen LogP contribution in [-0.4, -0.2) is 22.0 Å². The molecule has 0 aliphatic carbocycles. The van der Waals surface area contributed by atoms with Crippen LogP contribution in [0.5, 0.6) is 0 Å². The van der Waals surface area contributed by atoms with Crippen molar-refractivity contribution in [2.45, 2.75) is 46.1 Å². The maximum Gasteiger partial charge on any atom is 0.277 e. The highest BCUT2D eigenvalue weighted by Crippen LogP contribution is 2.25. The van der Waals surface area contributed by atoms with E-state index >= 15 is 0 Å². The third-order valence-corrected chi connectivity index (χ3v) is 5.31. The maximum atomic E-state index is 12.9. The highest BCUT2D eigenvalue weighted by Gasteiger charge is 2.29. The van der Waals surface area contributed by atoms with Crippen LogP contribution in [0.25, 0.3) is 5.76 Å². The van der Waals surface area contributed by atoms with Gasteiger partial charge in [0.05, 0.1) is 12.7 Å². The van der Waals surface area contributed by atoms with E-state index in [0.717, 1.165) is 23.3 Å². The number of aryl methyl sites for hydroxylation is 1. The number of primary amides is 1. The van der Waals surface area contributed by atoms with Gasteiger partial charge < -0.3 is 15.8 Å². The van der Waals surface area contributed by atoms with Gasteiger partial charge in [0, 0.05) is 12.0 Å². The summed E-state index contributed by atoms with van der Waals surface area (Å²) in [5, 5.41) is 3.10. The predicted molar refractivity (Wildman–Crippen MR) is 118 cm³/mol. The molecular weight excluding hydrogens is 380 g/mol. The zero-order valence-electron chi connectivity index (χ0n) is 17.6. The molecule has 30 heavy (non-hydrogen) atoms. The smallest absolute Gasteiger partial charge is 0.277 e. The number of hydrogen-bond donors (Lipinski definition) is 2. The average molecular weight is 409 g/mol. The summed E-state index contributed by atoms with van der Waals surface area (Å²) in [6.07, 6.45) is 5.30. The lowest BCUT2D eigenvalue weighted by atomic mass is 10.1. The first-order chi connectivity index (χ1) is 14.5. The Morgan fingerprint density at radius 2 is 2.10 bits per heavy atom. The van der Waals surface area contributed by atoms with E-state index in [4.69, 9.17) is 10.5 Å². The Kier molecular flexibility index (Phi) is 6.72. The van der Waals surface area contributed by atoms with Crippen molar-refractivity contribution >= 4 is 17.4 Å². The lowest BCUT2D eigenvalue weighted by Crippen LogP contribution is -2.33. The van der Waals surface area contributed by atoms with Crippen LogP contribution in [0.15, 0.2) is 58.7 Å². The summed E-state index contributed by atoms with van der Waals surface area (Å²) in [7, 11) is 0. The van der Waals surface area contributed by atoms with Gasteiger partial charge in [-0.3, -0.25) is 14.2 Å². The van der Waals surface area contributed by atoms with Crippen molar-refractivity contribution < 1.29 is 9.53 Å². The molecule has 0 fully saturated rings. The number of benzene rings is 1. The molecule has 1 aromatic heterocycles. The number of carbonyl (C=O) groups is 1. The van der Waals surface area contributed by atoms with Gasteiger partial charge in [0.1, 0.15) is 29.1 Å². The van der Waals surface area contributed by atoms with Crippen LogP contribution in [-0.2, 0) is 16.0 Å². The van der Waals surface area contributed by atoms with E-state index in [2.05, 4.69) is 17.2 Å². The Hall–Kier alpha value is -3.35. The number of carbonyl (C=O) groups excluding carboxylic acids is 1. The van der Waals surface area contributed by atoms with Crippen molar-refractivity contribution in [1.29, 1.82) is 0 Å². The molecule has 3 rings (SSSR count). The fraction of sp³-hybridized carbons (Fsp3) is 0.348. The van der Waals surface area contributed by atoms with Gasteiger partial charge >= 0.3 is 0 Å². The monoisotopic (exact) mass is 408 g/mol. The summed E-state index contributed by atoms with van der Waals surface area (Å²) in [4.78, 5) is 28.9. The van der Waals surface area contributed by atoms with Gasteiger partial charge in [-0.25, -0.2) is 4.98 Å². The van der Waals surface area contributed by atoms with Crippen LogP contribution in [0.1, 0.15) is 51.0 Å². The van der Waals surface area contributed by atoms with Crippen LogP contribution in [0.2, 0.25) is 0 Å². The molecule has 1 aromatic carbocycles. The average Bonchev–Trinajstić information content (AvgIpc) is 3.20. The summed E-state index contributed by atoms with van der Waals surface area (Å²) in [6.45, 7) is 6.32. The largest absolute Gasteiger partial charge is 0.460 e. The quantitative estimate of drug-likeness (QED) is 0.652. The van der Waals surface area contributed by atoms with E-state index < -0.39 is 11.9 Å². The van der Waals surface area contributed by atoms with Crippen molar-refractivity contribution in [3.05, 3.63) is 75.7 Å². The fourth-order valence-corrected chi connectivity index (χ4v) is 3.45. The van der Waals surface area contributed by atoms with Crippen molar-refractivity contribution in [2.24, 2.45) is 5.73 Å². The van der Waals surface area contributed by atoms with Gasteiger partial charge in [-0.15, -0.1) is 0 Å². The van der Waals surface area contributed by atoms with Crippen LogP contribution in [0.3, 0.4) is 0 Å². The fourth-order valence-electron chi connectivity index (χ4n) is 3.45. The van der Waals surface area contributed by atoms with E-state index in [1.54, 1.807) is 0 Å². The van der Waals surface area contributed by atoms with E-state index in [1.807, 2.05) is 50.3 Å². The molecule has 0 saturated heterocycles. The van der Waals surface area contributed by atoms with Gasteiger partial charge in [-0.2, -0.15) is 0 Å². The lowest BCUT2D eigenvalue weighted by molar-refractivity contribution is -0.121. The molecule has 2 heterocycles. The second-order valence-corrected chi connectivity index (χ2v) is 7.26. The minimum atomic E-state index is -0.640. The van der Waals surface area contributed by atoms with Gasteiger partial charge in [-0.05, 0) is 38.3 Å². The molecule has 1 atom stereocenters. The molecule has 3 N–H and O–H groups in total. The highest BCUT2D eigenvalue weighted by atomic mass is 16.5. The van der Waals surface area contributed by atoms with Gasteiger partial charge in [0.25, 0.3) is 5.56 Å². The van der Waals surface area contributed by atoms with Crippen molar-refractivity contribution in [2.75, 3.05) is 11.9 Å². The topological polar surface area (TPSA) is 99.2 Å². The minimum Gasteiger partial charge on any atom is -0.460 e. The van der Waals surface area contributed by atoms with Gasteiger partial charge in [0.15, 0.2) is 0 Å². The molecule has 0 spiro atoms. The van der Waals surface area contributed by atoms with Crippen LogP contribution < -0.4 is 16.6 Å². The number of amides is 1. The Labute approximate surface area is 176 Å². The number of allylic oxidation sites excluding steroid dienone is 2. The second-order valence-electron chi connectivity index (χ2n) is 7.26. The molecular formula is C23H28N4O3. The number of fused-ring (bicyclic) bond motifs is 1. The number of aromatic nitrogens is 2. The molecule has 7 heteroatoms. The molecule has 0 bridgehead atoms. The molecule has 1 aliphatic heterocycles. The third-order valence-electron chi connectivity index (χ3n) is 5.31. The normalized spacial score (nSPS) is 16.6. The molecule has 1 amide bonds. The zero-order valence-corrected chi connectivity index (χ0v) is 17.6. The molecule has 0 saturated carbocycles. The first kappa shape index (κ1) is 21.4. The van der Waals surface area contributed by atoms with Gasteiger partial charge in [0.2, 0.25) is 5.91 Å². The SMILES string of the molecule is C/C=C(/CNc1cnc2n(c1=O)C(C(N)=O)CC2)OC(=C(C)CC)c1ccccc1. The van der Waals surface area contributed by atoms with E-state index in [9.17, 15) is 9.59 Å². The van der Waals surface area contributed by atoms with E-state index in [1.165, 1.54) is 10.8 Å². The number of rotatable bonds is 8. The predicted octanol–water partition coefficient (Wildman–Crippen LogP) is 3.39. The lowest BCUT2D eigenvalue weighted by Gasteiger charge is -2.17. The third kappa shape index (κ3) is 4.45. The molecule has 158 valence electrons. The van der Waals surface area contributed by atoms with Crippen LogP contribution in [0.4, 0.5) is 5.69 Å². The summed E-state index contributed by atoms with van der Waals surface area (Å²) in [5.74, 6) is 1.56. The highest BCUT2D eigenvalue weighted by molar-refractivity contribution is 5.79. The Morgan fingerprint density at radius 1 is 1.37 bits per heavy atom. The Bertz CT molecular complexity index is 1040. The summed E-state index contributed by atoms with van der Waals surface area (Å²) >= 11 is 0. The summed E-state index contributed by atoms with van der Waals surface area (Å²) in [6, 6.07) is 9.29. The Morgan fingerprint density at radius 3 is 2.73 bits per heavy atom. The van der Waals surface area contributed by atoms with Crippen molar-refractivity contribution in [1.82, 2.24) is 9.55 Å². The molecule has 0 radical (unpaired) electrons. The Balaban J connectivity index is 1.79. The summed E-state index contributed by atoms with van der Waals surface area (Å²) < 4.78 is 7.63. The maximum absolute atomic E-state index is 12.9. The number of nitrogens with zero attached hydrogens (tertiary/aromatic N) is 2. The van der Waals surface area contributed by atoms with Crippen molar-refractivity contribution in [3.63, 3.8) is 0 Å². The number of ether oxygens (including phenoxy) is 1. The number of anilines is 1. The van der Waals surface area contributed by atoms with Crippen molar-refractivity contribution in [3.8, 4) is 0 Å². The number of nitrogens with one attached hydrogen (secondary N) is 1.